The zero-order chi connectivity index (χ0) is 16.0. The summed E-state index contributed by atoms with van der Waals surface area (Å²) in [7, 11) is -3.67. The van der Waals surface area contributed by atoms with Gasteiger partial charge in [0.1, 0.15) is 0 Å². The van der Waals surface area contributed by atoms with Crippen molar-refractivity contribution in [1.82, 2.24) is 5.06 Å². The number of hydrogen-bond acceptors (Lipinski definition) is 7. The second-order valence-corrected chi connectivity index (χ2v) is 6.78. The van der Waals surface area contributed by atoms with E-state index in [1.165, 1.54) is 6.92 Å². The van der Waals surface area contributed by atoms with E-state index in [1.807, 2.05) is 0 Å². The Morgan fingerprint density at radius 1 is 1.43 bits per heavy atom. The molecule has 1 fully saturated rings. The van der Waals surface area contributed by atoms with Gasteiger partial charge in [-0.25, -0.2) is 5.06 Å². The maximum Gasteiger partial charge on any atom is 0.370 e. The van der Waals surface area contributed by atoms with Gasteiger partial charge in [-0.15, -0.1) is 0 Å². The minimum Gasteiger partial charge on any atom is -0.449 e. The number of carbonyl (C=O) groups excluding carboxylic acids is 2. The van der Waals surface area contributed by atoms with Gasteiger partial charge >= 0.3 is 13.6 Å². The summed E-state index contributed by atoms with van der Waals surface area (Å²) in [6.07, 6.45) is 0.589. The molecule has 2 unspecified atom stereocenters. The van der Waals surface area contributed by atoms with Gasteiger partial charge in [0.2, 0.25) is 11.8 Å². The van der Waals surface area contributed by atoms with Crippen molar-refractivity contribution in [3.8, 4) is 0 Å². The first-order valence-corrected chi connectivity index (χ1v) is 8.52. The minimum atomic E-state index is -3.67. The van der Waals surface area contributed by atoms with Gasteiger partial charge in [0.25, 0.3) is 0 Å². The first-order valence-electron chi connectivity index (χ1n) is 6.91. The molecule has 9 heteroatoms. The molecule has 0 bridgehead atoms. The SMILES string of the molecule is CCOP(=O)(OCC)C(CC1CCC(=O)N1O)OC(C)=O. The summed E-state index contributed by atoms with van der Waals surface area (Å²) in [5.41, 5.74) is 0. The van der Waals surface area contributed by atoms with Gasteiger partial charge in [0.15, 0.2) is 0 Å². The highest BCUT2D eigenvalue weighted by Crippen LogP contribution is 2.55. The quantitative estimate of drug-likeness (QED) is 0.413. The Balaban J connectivity index is 2.90. The largest absolute Gasteiger partial charge is 0.449 e. The van der Waals surface area contributed by atoms with Crippen LogP contribution in [0.5, 0.6) is 0 Å². The lowest BCUT2D eigenvalue weighted by atomic mass is 10.2. The Labute approximate surface area is 123 Å². The van der Waals surface area contributed by atoms with Gasteiger partial charge in [0, 0.05) is 19.8 Å². The molecular weight excluding hydrogens is 301 g/mol. The number of esters is 1. The van der Waals surface area contributed by atoms with E-state index in [9.17, 15) is 19.4 Å². The number of rotatable bonds is 8. The lowest BCUT2D eigenvalue weighted by Crippen LogP contribution is -2.34. The number of amides is 1. The van der Waals surface area contributed by atoms with E-state index in [0.717, 1.165) is 0 Å². The molecule has 0 radical (unpaired) electrons. The van der Waals surface area contributed by atoms with Crippen LogP contribution in [-0.4, -0.2) is 47.2 Å². The maximum atomic E-state index is 12.7. The van der Waals surface area contributed by atoms with E-state index >= 15 is 0 Å². The molecule has 1 aliphatic rings. The van der Waals surface area contributed by atoms with E-state index in [1.54, 1.807) is 13.8 Å². The molecule has 1 rings (SSSR count). The highest BCUT2D eigenvalue weighted by atomic mass is 31.2. The van der Waals surface area contributed by atoms with E-state index in [-0.39, 0.29) is 26.1 Å². The van der Waals surface area contributed by atoms with E-state index in [2.05, 4.69) is 0 Å². The second kappa shape index (κ2) is 7.89. The average Bonchev–Trinajstić information content (AvgIpc) is 2.70. The van der Waals surface area contributed by atoms with E-state index < -0.39 is 31.4 Å². The van der Waals surface area contributed by atoms with Crippen LogP contribution in [0.25, 0.3) is 0 Å². The Hall–Kier alpha value is -0.950. The lowest BCUT2D eigenvalue weighted by molar-refractivity contribution is -0.167. The molecule has 0 aromatic carbocycles. The predicted molar refractivity (Wildman–Crippen MR) is 72.7 cm³/mol. The second-order valence-electron chi connectivity index (χ2n) is 4.61. The maximum absolute atomic E-state index is 12.7. The fourth-order valence-electron chi connectivity index (χ4n) is 2.18. The van der Waals surface area contributed by atoms with Crippen LogP contribution in [0.2, 0.25) is 0 Å². The molecule has 0 spiro atoms. The van der Waals surface area contributed by atoms with Crippen LogP contribution in [0, 0.1) is 0 Å². The molecule has 1 saturated heterocycles. The Kier molecular flexibility index (Phi) is 6.80. The minimum absolute atomic E-state index is 0.000895. The molecule has 1 amide bonds. The first-order chi connectivity index (χ1) is 9.84. The molecule has 0 saturated carbocycles. The summed E-state index contributed by atoms with van der Waals surface area (Å²) >= 11 is 0. The molecule has 1 heterocycles. The van der Waals surface area contributed by atoms with Crippen molar-refractivity contribution in [2.75, 3.05) is 13.2 Å². The summed E-state index contributed by atoms with van der Waals surface area (Å²) in [6, 6.07) is -0.573. The van der Waals surface area contributed by atoms with Crippen molar-refractivity contribution in [3.63, 3.8) is 0 Å². The highest BCUT2D eigenvalue weighted by molar-refractivity contribution is 7.54. The zero-order valence-electron chi connectivity index (χ0n) is 12.5. The summed E-state index contributed by atoms with van der Waals surface area (Å²) in [5, 5.41) is 10.2. The molecule has 2 atom stereocenters. The zero-order valence-corrected chi connectivity index (χ0v) is 13.4. The van der Waals surface area contributed by atoms with Crippen molar-refractivity contribution in [3.05, 3.63) is 0 Å². The number of hydrogen-bond donors (Lipinski definition) is 1. The molecule has 122 valence electrons. The number of hydroxylamine groups is 2. The number of ether oxygens (including phenoxy) is 1. The Bertz CT molecular complexity index is 418. The van der Waals surface area contributed by atoms with Crippen LogP contribution >= 0.6 is 7.60 Å². The van der Waals surface area contributed by atoms with Crippen molar-refractivity contribution in [2.24, 2.45) is 0 Å². The van der Waals surface area contributed by atoms with E-state index in [0.29, 0.717) is 11.5 Å². The highest BCUT2D eigenvalue weighted by Gasteiger charge is 2.43. The van der Waals surface area contributed by atoms with Crippen LogP contribution in [0.1, 0.15) is 40.0 Å². The van der Waals surface area contributed by atoms with Crippen LogP contribution in [0.3, 0.4) is 0 Å². The molecule has 1 aliphatic heterocycles. The Morgan fingerprint density at radius 3 is 2.38 bits per heavy atom. The molecule has 0 aromatic heterocycles. The van der Waals surface area contributed by atoms with Crippen LogP contribution < -0.4 is 0 Å². The fourth-order valence-corrected chi connectivity index (χ4v) is 4.08. The summed E-state index contributed by atoms with van der Waals surface area (Å²) < 4.78 is 28.1. The van der Waals surface area contributed by atoms with E-state index in [4.69, 9.17) is 13.8 Å². The van der Waals surface area contributed by atoms with Crippen molar-refractivity contribution in [2.45, 2.75) is 51.9 Å². The predicted octanol–water partition coefficient (Wildman–Crippen LogP) is 1.91. The van der Waals surface area contributed by atoms with Gasteiger partial charge in [0.05, 0.1) is 19.3 Å². The fraction of sp³-hybridized carbons (Fsp3) is 0.833. The third kappa shape index (κ3) is 4.78. The normalized spacial score (nSPS) is 20.7. The van der Waals surface area contributed by atoms with Gasteiger partial charge in [-0.1, -0.05) is 0 Å². The third-order valence-corrected chi connectivity index (χ3v) is 5.30. The Morgan fingerprint density at radius 2 is 2.00 bits per heavy atom. The molecule has 8 nitrogen and oxygen atoms in total. The van der Waals surface area contributed by atoms with Crippen molar-refractivity contribution >= 4 is 19.5 Å². The van der Waals surface area contributed by atoms with Crippen LogP contribution in [0.4, 0.5) is 0 Å². The lowest BCUT2D eigenvalue weighted by Gasteiger charge is -2.28. The summed E-state index contributed by atoms with van der Waals surface area (Å²) in [4.78, 5) is 22.6. The summed E-state index contributed by atoms with van der Waals surface area (Å²) in [5.74, 6) is -2.20. The average molecular weight is 323 g/mol. The van der Waals surface area contributed by atoms with Crippen molar-refractivity contribution < 1.29 is 33.1 Å². The standard InChI is InChI=1S/C12H22NO7P/c1-4-18-21(17,19-5-2)12(20-9(3)14)8-10-6-7-11(15)13(10)16/h10,12,16H,4-8H2,1-3H3. The summed E-state index contributed by atoms with van der Waals surface area (Å²) in [6.45, 7) is 4.73. The number of nitrogens with zero attached hydrogens (tertiary/aromatic N) is 1. The van der Waals surface area contributed by atoms with Crippen molar-refractivity contribution in [1.29, 1.82) is 0 Å². The first kappa shape index (κ1) is 18.1. The van der Waals surface area contributed by atoms with Gasteiger partial charge in [-0.05, 0) is 20.3 Å². The smallest absolute Gasteiger partial charge is 0.370 e. The molecule has 21 heavy (non-hydrogen) atoms. The third-order valence-electron chi connectivity index (χ3n) is 3.04. The van der Waals surface area contributed by atoms with Crippen LogP contribution in [0.15, 0.2) is 0 Å². The van der Waals surface area contributed by atoms with Crippen LogP contribution in [-0.2, 0) is 27.9 Å². The van der Waals surface area contributed by atoms with Gasteiger partial charge in [-0.3, -0.25) is 19.4 Å². The molecule has 0 aromatic rings. The molecule has 1 N–H and O–H groups in total. The monoisotopic (exact) mass is 323 g/mol. The molecular formula is C12H22NO7P. The van der Waals surface area contributed by atoms with Gasteiger partial charge < -0.3 is 13.8 Å². The number of carbonyl (C=O) groups is 2. The topological polar surface area (TPSA) is 102 Å². The molecule has 0 aliphatic carbocycles. The van der Waals surface area contributed by atoms with Gasteiger partial charge in [-0.2, -0.15) is 0 Å².